The minimum atomic E-state index is -3.57. The van der Waals surface area contributed by atoms with E-state index < -0.39 is 30.4 Å². The summed E-state index contributed by atoms with van der Waals surface area (Å²) in [5.74, 6) is -3.84. The van der Waals surface area contributed by atoms with Crippen LogP contribution in [-0.2, 0) is 17.6 Å². The molecule has 0 bridgehead atoms. The van der Waals surface area contributed by atoms with Crippen LogP contribution in [0, 0.1) is 0 Å². The number of benzene rings is 2. The van der Waals surface area contributed by atoms with Gasteiger partial charge in [-0.1, -0.05) is 18.2 Å². The van der Waals surface area contributed by atoms with Crippen molar-refractivity contribution in [2.75, 3.05) is 51.3 Å². The Morgan fingerprint density at radius 3 is 2.61 bits per heavy atom. The van der Waals surface area contributed by atoms with Gasteiger partial charge in [0.1, 0.15) is 19.3 Å². The van der Waals surface area contributed by atoms with E-state index in [2.05, 4.69) is 15.1 Å². The van der Waals surface area contributed by atoms with E-state index in [1.807, 2.05) is 25.2 Å². The monoisotopic (exact) mass is 529 g/mol. The number of carbonyl (C=O) groups excluding carboxylic acids is 1. The van der Waals surface area contributed by atoms with Gasteiger partial charge in [-0.3, -0.25) is 4.79 Å². The number of ether oxygens (including phenoxy) is 2. The number of anilines is 1. The highest BCUT2D eigenvalue weighted by molar-refractivity contribution is 5.83. The number of amides is 1. The standard InChI is InChI=1S/C29H37F2N3O4/c1-33-12-4-5-21-17-20(6-8-24(21)33)10-11-29(30,31)28(36)32-23(19-34-13-2-3-14-34)27(35)22-7-9-25-26(18-22)38-16-15-37-25/h6-9,17-18,23,27,35H,2-5,10-16,19H2,1H3,(H,32,36). The number of fused-ring (bicyclic) bond motifs is 2. The van der Waals surface area contributed by atoms with E-state index in [0.717, 1.165) is 62.1 Å². The maximum absolute atomic E-state index is 15.1. The molecule has 0 radical (unpaired) electrons. The molecule has 3 heterocycles. The summed E-state index contributed by atoms with van der Waals surface area (Å²) in [5.41, 5.74) is 3.59. The van der Waals surface area contributed by atoms with Crippen molar-refractivity contribution in [2.24, 2.45) is 0 Å². The van der Waals surface area contributed by atoms with Crippen LogP contribution in [0.25, 0.3) is 0 Å². The molecule has 2 N–H and O–H groups in total. The van der Waals surface area contributed by atoms with Crippen LogP contribution < -0.4 is 19.7 Å². The van der Waals surface area contributed by atoms with Gasteiger partial charge in [-0.25, -0.2) is 0 Å². The molecule has 2 unspecified atom stereocenters. The summed E-state index contributed by atoms with van der Waals surface area (Å²) in [6, 6.07) is 10.00. The number of aliphatic hydroxyl groups excluding tert-OH is 1. The lowest BCUT2D eigenvalue weighted by molar-refractivity contribution is -0.148. The Morgan fingerprint density at radius 1 is 1.05 bits per heavy atom. The second-order valence-corrected chi connectivity index (χ2v) is 10.6. The maximum Gasteiger partial charge on any atom is 0.324 e. The Kier molecular flexibility index (Phi) is 8.04. The fourth-order valence-electron chi connectivity index (χ4n) is 5.63. The number of aliphatic hydroxyl groups is 1. The number of likely N-dealkylation sites (tertiary alicyclic amines) is 1. The number of halogens is 2. The molecule has 5 rings (SSSR count). The van der Waals surface area contributed by atoms with Gasteiger partial charge in [0.25, 0.3) is 5.91 Å². The Labute approximate surface area is 222 Å². The maximum atomic E-state index is 15.1. The third-order valence-corrected chi connectivity index (χ3v) is 7.81. The topological polar surface area (TPSA) is 74.3 Å². The summed E-state index contributed by atoms with van der Waals surface area (Å²) in [6.07, 6.45) is 2.31. The van der Waals surface area contributed by atoms with Gasteiger partial charge in [-0.2, -0.15) is 8.78 Å². The zero-order chi connectivity index (χ0) is 26.7. The third-order valence-electron chi connectivity index (χ3n) is 7.81. The predicted octanol–water partition coefficient (Wildman–Crippen LogP) is 3.72. The Balaban J connectivity index is 1.26. The number of hydrogen-bond acceptors (Lipinski definition) is 6. The number of alkyl halides is 2. The summed E-state index contributed by atoms with van der Waals surface area (Å²) in [5, 5.41) is 13.7. The second kappa shape index (κ2) is 11.5. The minimum absolute atomic E-state index is 0.0962. The highest BCUT2D eigenvalue weighted by atomic mass is 19.3. The lowest BCUT2D eigenvalue weighted by Gasteiger charge is -2.30. The highest BCUT2D eigenvalue weighted by Crippen LogP contribution is 2.34. The van der Waals surface area contributed by atoms with Gasteiger partial charge >= 0.3 is 5.92 Å². The summed E-state index contributed by atoms with van der Waals surface area (Å²) < 4.78 is 41.4. The number of nitrogens with one attached hydrogen (secondary N) is 1. The first-order chi connectivity index (χ1) is 18.3. The zero-order valence-electron chi connectivity index (χ0n) is 21.9. The molecule has 1 amide bonds. The first-order valence-electron chi connectivity index (χ1n) is 13.6. The third kappa shape index (κ3) is 6.04. The fraction of sp³-hybridized carbons (Fsp3) is 0.552. The van der Waals surface area contributed by atoms with Crippen LogP contribution in [0.2, 0.25) is 0 Å². The Bertz CT molecular complexity index is 1140. The lowest BCUT2D eigenvalue weighted by atomic mass is 9.96. The van der Waals surface area contributed by atoms with E-state index in [-0.39, 0.29) is 13.0 Å². The van der Waals surface area contributed by atoms with Gasteiger partial charge in [0.05, 0.1) is 6.04 Å². The van der Waals surface area contributed by atoms with Crippen LogP contribution in [0.5, 0.6) is 11.5 Å². The highest BCUT2D eigenvalue weighted by Gasteiger charge is 2.41. The first-order valence-corrected chi connectivity index (χ1v) is 13.6. The van der Waals surface area contributed by atoms with Crippen LogP contribution >= 0.6 is 0 Å². The molecular formula is C29H37F2N3O4. The zero-order valence-corrected chi connectivity index (χ0v) is 21.9. The number of hydrogen-bond donors (Lipinski definition) is 2. The molecule has 1 saturated heterocycles. The summed E-state index contributed by atoms with van der Waals surface area (Å²) >= 11 is 0. The molecule has 0 spiro atoms. The molecule has 0 saturated carbocycles. The molecule has 3 aliphatic rings. The van der Waals surface area contributed by atoms with Gasteiger partial charge in [0.2, 0.25) is 0 Å². The first kappa shape index (κ1) is 26.7. The van der Waals surface area contributed by atoms with E-state index in [1.165, 1.54) is 0 Å². The van der Waals surface area contributed by atoms with Crippen molar-refractivity contribution in [3.05, 3.63) is 53.1 Å². The fourth-order valence-corrected chi connectivity index (χ4v) is 5.63. The predicted molar refractivity (Wildman–Crippen MR) is 141 cm³/mol. The van der Waals surface area contributed by atoms with Crippen molar-refractivity contribution >= 4 is 11.6 Å². The number of carbonyl (C=O) groups is 1. The molecule has 38 heavy (non-hydrogen) atoms. The summed E-state index contributed by atoms with van der Waals surface area (Å²) in [7, 11) is 2.04. The van der Waals surface area contributed by atoms with Gasteiger partial charge in [0, 0.05) is 32.2 Å². The largest absolute Gasteiger partial charge is 0.486 e. The smallest absolute Gasteiger partial charge is 0.324 e. The molecule has 9 heteroatoms. The second-order valence-electron chi connectivity index (χ2n) is 10.6. The summed E-state index contributed by atoms with van der Waals surface area (Å²) in [6.45, 7) is 3.74. The van der Waals surface area contributed by atoms with Crippen LogP contribution in [0.15, 0.2) is 36.4 Å². The molecule has 3 aliphatic heterocycles. The van der Waals surface area contributed by atoms with Crippen molar-refractivity contribution in [3.63, 3.8) is 0 Å². The van der Waals surface area contributed by atoms with Crippen molar-refractivity contribution in [1.82, 2.24) is 10.2 Å². The molecule has 7 nitrogen and oxygen atoms in total. The Morgan fingerprint density at radius 2 is 1.82 bits per heavy atom. The molecule has 2 atom stereocenters. The molecular weight excluding hydrogens is 492 g/mol. The SMILES string of the molecule is CN1CCCc2cc(CCC(F)(F)C(=O)NC(CN3CCCC3)C(O)c3ccc4c(c3)OCCO4)ccc21. The molecule has 1 fully saturated rings. The molecule has 0 aliphatic carbocycles. The van der Waals surface area contributed by atoms with Gasteiger partial charge < -0.3 is 29.7 Å². The van der Waals surface area contributed by atoms with E-state index in [4.69, 9.17) is 9.47 Å². The van der Waals surface area contributed by atoms with Crippen LogP contribution in [0.3, 0.4) is 0 Å². The van der Waals surface area contributed by atoms with Crippen molar-refractivity contribution in [2.45, 2.75) is 56.6 Å². The van der Waals surface area contributed by atoms with Gasteiger partial charge in [0.15, 0.2) is 11.5 Å². The number of aryl methyl sites for hydroxylation is 2. The minimum Gasteiger partial charge on any atom is -0.486 e. The van der Waals surface area contributed by atoms with Gasteiger partial charge in [-0.05, 0) is 80.1 Å². The van der Waals surface area contributed by atoms with Crippen LogP contribution in [-0.4, -0.2) is 74.3 Å². The number of nitrogens with zero attached hydrogens (tertiary/aromatic N) is 2. The average Bonchev–Trinajstić information content (AvgIpc) is 3.44. The normalized spacial score (nSPS) is 19.1. The van der Waals surface area contributed by atoms with Crippen LogP contribution in [0.1, 0.15) is 48.5 Å². The molecule has 2 aromatic carbocycles. The number of rotatable bonds is 9. The quantitative estimate of drug-likeness (QED) is 0.516. The molecule has 206 valence electrons. The summed E-state index contributed by atoms with van der Waals surface area (Å²) in [4.78, 5) is 17.1. The average molecular weight is 530 g/mol. The van der Waals surface area contributed by atoms with Crippen molar-refractivity contribution in [1.29, 1.82) is 0 Å². The van der Waals surface area contributed by atoms with Crippen LogP contribution in [0.4, 0.5) is 14.5 Å². The van der Waals surface area contributed by atoms with Crippen molar-refractivity contribution in [3.8, 4) is 11.5 Å². The van der Waals surface area contributed by atoms with E-state index in [9.17, 15) is 9.90 Å². The van der Waals surface area contributed by atoms with E-state index in [0.29, 0.717) is 30.3 Å². The van der Waals surface area contributed by atoms with E-state index in [1.54, 1.807) is 18.2 Å². The van der Waals surface area contributed by atoms with Gasteiger partial charge in [-0.15, -0.1) is 0 Å². The van der Waals surface area contributed by atoms with E-state index >= 15 is 8.78 Å². The Hall–Kier alpha value is -2.91. The molecule has 0 aromatic heterocycles. The molecule has 2 aromatic rings. The van der Waals surface area contributed by atoms with Crippen molar-refractivity contribution < 1.29 is 28.2 Å². The lowest BCUT2D eigenvalue weighted by Crippen LogP contribution is -2.51.